The van der Waals surface area contributed by atoms with Gasteiger partial charge in [-0.15, -0.1) is 0 Å². The summed E-state index contributed by atoms with van der Waals surface area (Å²) in [5.41, 5.74) is 3.61. The fourth-order valence-electron chi connectivity index (χ4n) is 3.30. The maximum Gasteiger partial charge on any atom is 0.159 e. The highest BCUT2D eigenvalue weighted by molar-refractivity contribution is 5.54. The van der Waals surface area contributed by atoms with Gasteiger partial charge in [-0.2, -0.15) is 0 Å². The number of benzene rings is 1. The number of rotatable bonds is 13. The number of nitrogens with zero attached hydrogens (tertiary/aromatic N) is 2. The molecule has 0 unspecified atom stereocenters. The molecule has 2 heteroatoms. The van der Waals surface area contributed by atoms with Crippen LogP contribution in [0, 0.1) is 6.92 Å². The first-order valence-corrected chi connectivity index (χ1v) is 12.1. The van der Waals surface area contributed by atoms with Crippen LogP contribution in [-0.4, -0.2) is 9.97 Å². The van der Waals surface area contributed by atoms with Crippen LogP contribution in [0.4, 0.5) is 0 Å². The number of aryl methyl sites for hydroxylation is 2. The van der Waals surface area contributed by atoms with Crippen LogP contribution in [-0.2, 0) is 6.42 Å². The van der Waals surface area contributed by atoms with Crippen LogP contribution in [0.2, 0.25) is 0 Å². The molecule has 29 heavy (non-hydrogen) atoms. The smallest absolute Gasteiger partial charge is 0.159 e. The molecule has 1 aromatic heterocycles. The van der Waals surface area contributed by atoms with Gasteiger partial charge in [0.15, 0.2) is 5.82 Å². The van der Waals surface area contributed by atoms with Crippen LogP contribution in [0.25, 0.3) is 11.4 Å². The summed E-state index contributed by atoms with van der Waals surface area (Å²) < 4.78 is 0. The van der Waals surface area contributed by atoms with E-state index in [2.05, 4.69) is 61.9 Å². The minimum absolute atomic E-state index is 0.823. The Hall–Kier alpha value is -1.70. The van der Waals surface area contributed by atoms with Crippen molar-refractivity contribution in [1.82, 2.24) is 9.97 Å². The van der Waals surface area contributed by atoms with Gasteiger partial charge in [-0.1, -0.05) is 121 Å². The Morgan fingerprint density at radius 3 is 1.55 bits per heavy atom. The van der Waals surface area contributed by atoms with E-state index in [9.17, 15) is 0 Å². The summed E-state index contributed by atoms with van der Waals surface area (Å²) in [7, 11) is 0. The first kappa shape index (κ1) is 25.3. The van der Waals surface area contributed by atoms with Crippen molar-refractivity contribution in [2.45, 2.75) is 111 Å². The fraction of sp³-hybridized carbons (Fsp3) is 0.630. The molecule has 0 saturated heterocycles. The van der Waals surface area contributed by atoms with Crippen molar-refractivity contribution in [3.05, 3.63) is 47.8 Å². The highest BCUT2D eigenvalue weighted by Crippen LogP contribution is 2.16. The molecule has 0 radical (unpaired) electrons. The third kappa shape index (κ3) is 12.5. The molecule has 0 saturated carbocycles. The van der Waals surface area contributed by atoms with E-state index in [4.69, 9.17) is 0 Å². The van der Waals surface area contributed by atoms with E-state index in [1.54, 1.807) is 0 Å². The highest BCUT2D eigenvalue weighted by Gasteiger charge is 2.01. The molecule has 2 rings (SSSR count). The van der Waals surface area contributed by atoms with Crippen molar-refractivity contribution in [3.8, 4) is 11.4 Å². The zero-order valence-electron chi connectivity index (χ0n) is 19.6. The molecule has 2 nitrogen and oxygen atoms in total. The Labute approximate surface area is 180 Å². The number of hydrogen-bond donors (Lipinski definition) is 0. The standard InChI is InChI=1S/C20H28N2.C7H16/c1-3-4-5-6-7-8-9-10-18-15-21-20(22-16-18)19-13-11-17(2)12-14-19;1-3-5-7-6-4-2/h11-16H,3-10H2,1-2H3;3-7H2,1-2H3. The van der Waals surface area contributed by atoms with Gasteiger partial charge >= 0.3 is 0 Å². The monoisotopic (exact) mass is 396 g/mol. The van der Waals surface area contributed by atoms with Gasteiger partial charge in [-0.25, -0.2) is 9.97 Å². The van der Waals surface area contributed by atoms with Gasteiger partial charge in [0.2, 0.25) is 0 Å². The number of hydrogen-bond acceptors (Lipinski definition) is 2. The average molecular weight is 397 g/mol. The normalized spacial score (nSPS) is 10.5. The predicted molar refractivity (Wildman–Crippen MR) is 128 cm³/mol. The van der Waals surface area contributed by atoms with Gasteiger partial charge in [0.1, 0.15) is 0 Å². The lowest BCUT2D eigenvalue weighted by Gasteiger charge is -2.04. The van der Waals surface area contributed by atoms with Crippen molar-refractivity contribution >= 4 is 0 Å². The van der Waals surface area contributed by atoms with Gasteiger partial charge in [0.25, 0.3) is 0 Å². The lowest BCUT2D eigenvalue weighted by Crippen LogP contribution is -1.93. The van der Waals surface area contributed by atoms with E-state index in [-0.39, 0.29) is 0 Å². The lowest BCUT2D eigenvalue weighted by atomic mass is 10.1. The minimum atomic E-state index is 0.823. The zero-order chi connectivity index (χ0) is 21.2. The van der Waals surface area contributed by atoms with Crippen molar-refractivity contribution in [1.29, 1.82) is 0 Å². The second-order valence-electron chi connectivity index (χ2n) is 8.21. The topological polar surface area (TPSA) is 25.8 Å². The Morgan fingerprint density at radius 1 is 0.586 bits per heavy atom. The summed E-state index contributed by atoms with van der Waals surface area (Å²) in [5.74, 6) is 0.823. The molecule has 0 aliphatic carbocycles. The van der Waals surface area contributed by atoms with Gasteiger partial charge < -0.3 is 0 Å². The van der Waals surface area contributed by atoms with E-state index in [1.165, 1.54) is 88.2 Å². The van der Waals surface area contributed by atoms with Crippen LogP contribution >= 0.6 is 0 Å². The summed E-state index contributed by atoms with van der Waals surface area (Å²) >= 11 is 0. The zero-order valence-corrected chi connectivity index (χ0v) is 19.6. The second kappa shape index (κ2) is 17.2. The van der Waals surface area contributed by atoms with Crippen molar-refractivity contribution in [3.63, 3.8) is 0 Å². The Kier molecular flexibility index (Phi) is 15.0. The molecule has 0 fully saturated rings. The first-order chi connectivity index (χ1) is 14.2. The molecule has 162 valence electrons. The third-order valence-corrected chi connectivity index (χ3v) is 5.29. The van der Waals surface area contributed by atoms with Gasteiger partial charge in [-0.05, 0) is 25.3 Å². The molecule has 1 heterocycles. The molecule has 0 aliphatic rings. The molecule has 0 atom stereocenters. The SMILES string of the molecule is CCCCCCC.CCCCCCCCCc1cnc(-c2ccc(C)cc2)nc1. The summed E-state index contributed by atoms with van der Waals surface area (Å²) in [4.78, 5) is 9.01. The average Bonchev–Trinajstić information content (AvgIpc) is 2.75. The van der Waals surface area contributed by atoms with E-state index < -0.39 is 0 Å². The summed E-state index contributed by atoms with van der Waals surface area (Å²) in [6.45, 7) is 8.85. The van der Waals surface area contributed by atoms with Gasteiger partial charge in [0.05, 0.1) is 0 Å². The number of aromatic nitrogens is 2. The van der Waals surface area contributed by atoms with Gasteiger partial charge in [-0.3, -0.25) is 0 Å². The Balaban J connectivity index is 0.000000516. The van der Waals surface area contributed by atoms with Crippen LogP contribution in [0.15, 0.2) is 36.7 Å². The molecule has 0 amide bonds. The van der Waals surface area contributed by atoms with Crippen molar-refractivity contribution in [2.24, 2.45) is 0 Å². The first-order valence-electron chi connectivity index (χ1n) is 12.1. The quantitative estimate of drug-likeness (QED) is 0.316. The summed E-state index contributed by atoms with van der Waals surface area (Å²) in [5, 5.41) is 0. The second-order valence-corrected chi connectivity index (χ2v) is 8.21. The van der Waals surface area contributed by atoms with Crippen LogP contribution < -0.4 is 0 Å². The maximum absolute atomic E-state index is 4.51. The molecule has 2 aromatic rings. The Morgan fingerprint density at radius 2 is 1.03 bits per heavy atom. The lowest BCUT2D eigenvalue weighted by molar-refractivity contribution is 0.589. The molecule has 0 bridgehead atoms. The minimum Gasteiger partial charge on any atom is -0.236 e. The molecule has 0 aliphatic heterocycles. The highest BCUT2D eigenvalue weighted by atomic mass is 14.9. The largest absolute Gasteiger partial charge is 0.236 e. The predicted octanol–water partition coefficient (Wildman–Crippen LogP) is 8.72. The van der Waals surface area contributed by atoms with Crippen LogP contribution in [0.3, 0.4) is 0 Å². The summed E-state index contributed by atoms with van der Waals surface area (Å²) in [6, 6.07) is 8.37. The van der Waals surface area contributed by atoms with Gasteiger partial charge in [0, 0.05) is 18.0 Å². The summed E-state index contributed by atoms with van der Waals surface area (Å²) in [6.07, 6.45) is 21.5. The molecular weight excluding hydrogens is 352 g/mol. The maximum atomic E-state index is 4.51. The molecule has 0 spiro atoms. The van der Waals surface area contributed by atoms with Crippen molar-refractivity contribution < 1.29 is 0 Å². The van der Waals surface area contributed by atoms with Crippen LogP contribution in [0.1, 0.15) is 109 Å². The Bertz CT molecular complexity index is 597. The number of unbranched alkanes of at least 4 members (excludes halogenated alkanes) is 10. The third-order valence-electron chi connectivity index (χ3n) is 5.29. The van der Waals surface area contributed by atoms with E-state index in [0.29, 0.717) is 0 Å². The van der Waals surface area contributed by atoms with Crippen molar-refractivity contribution in [2.75, 3.05) is 0 Å². The van der Waals surface area contributed by atoms with E-state index in [0.717, 1.165) is 17.8 Å². The van der Waals surface area contributed by atoms with E-state index >= 15 is 0 Å². The van der Waals surface area contributed by atoms with Crippen LogP contribution in [0.5, 0.6) is 0 Å². The molecular formula is C27H44N2. The van der Waals surface area contributed by atoms with E-state index in [1.807, 2.05) is 12.4 Å². The molecule has 0 N–H and O–H groups in total. The fourth-order valence-corrected chi connectivity index (χ4v) is 3.30. The molecule has 1 aromatic carbocycles.